The first kappa shape index (κ1) is 19.7. The highest BCUT2D eigenvalue weighted by Gasteiger charge is 2.25. The van der Waals surface area contributed by atoms with Crippen molar-refractivity contribution in [1.29, 1.82) is 0 Å². The molecule has 1 aliphatic heterocycles. The van der Waals surface area contributed by atoms with Gasteiger partial charge in [-0.2, -0.15) is 0 Å². The van der Waals surface area contributed by atoms with Crippen LogP contribution in [0, 0.1) is 0 Å². The lowest BCUT2D eigenvalue weighted by Crippen LogP contribution is -2.35. The molecule has 0 fully saturated rings. The normalized spacial score (nSPS) is 13.4. The number of fused-ring (bicyclic) bond motifs is 1. The van der Waals surface area contributed by atoms with Crippen LogP contribution in [0.15, 0.2) is 29.2 Å². The van der Waals surface area contributed by atoms with Gasteiger partial charge in [-0.1, -0.05) is 31.3 Å². The Morgan fingerprint density at radius 3 is 2.96 bits per heavy atom. The number of nitrogens with one attached hydrogen (secondary N) is 1. The van der Waals surface area contributed by atoms with Crippen molar-refractivity contribution in [2.24, 2.45) is 0 Å². The second kappa shape index (κ2) is 8.75. The molecule has 0 aliphatic carbocycles. The van der Waals surface area contributed by atoms with E-state index >= 15 is 0 Å². The average molecular weight is 406 g/mol. The van der Waals surface area contributed by atoms with Crippen molar-refractivity contribution in [3.8, 4) is 0 Å². The van der Waals surface area contributed by atoms with Crippen molar-refractivity contribution in [2.45, 2.75) is 43.9 Å². The molecule has 2 amide bonds. The highest BCUT2D eigenvalue weighted by atomic mass is 32.2. The lowest BCUT2D eigenvalue weighted by Gasteiger charge is -2.24. The molecule has 8 heteroatoms. The van der Waals surface area contributed by atoms with Gasteiger partial charge < -0.3 is 9.64 Å². The van der Waals surface area contributed by atoms with Crippen molar-refractivity contribution in [2.75, 3.05) is 18.5 Å². The minimum atomic E-state index is -0.304. The fraction of sp³-hybridized carbons (Fsp3) is 0.421. The van der Waals surface area contributed by atoms with Gasteiger partial charge in [-0.15, -0.1) is 11.8 Å². The molecular formula is C19H23N3O3S2. The van der Waals surface area contributed by atoms with E-state index in [1.807, 2.05) is 18.2 Å². The highest BCUT2D eigenvalue weighted by Crippen LogP contribution is 2.29. The zero-order valence-electron chi connectivity index (χ0n) is 15.7. The first-order valence-electron chi connectivity index (χ1n) is 8.94. The number of thiazole rings is 1. The molecule has 0 saturated heterocycles. The highest BCUT2D eigenvalue weighted by molar-refractivity contribution is 7.99. The lowest BCUT2D eigenvalue weighted by atomic mass is 10.2. The van der Waals surface area contributed by atoms with Crippen molar-refractivity contribution in [3.05, 3.63) is 40.4 Å². The molecule has 2 heterocycles. The summed E-state index contributed by atoms with van der Waals surface area (Å²) in [5.74, 6) is -0.172. The molecule has 1 aromatic carbocycles. The average Bonchev–Trinajstić information content (AvgIpc) is 3.02. The maximum atomic E-state index is 12.6. The molecule has 27 heavy (non-hydrogen) atoms. The molecule has 1 aromatic heterocycles. The Morgan fingerprint density at radius 2 is 2.22 bits per heavy atom. The predicted molar refractivity (Wildman–Crippen MR) is 109 cm³/mol. The molecule has 0 spiro atoms. The van der Waals surface area contributed by atoms with Crippen LogP contribution >= 0.6 is 23.1 Å². The van der Waals surface area contributed by atoms with E-state index < -0.39 is 0 Å². The summed E-state index contributed by atoms with van der Waals surface area (Å²) >= 11 is 3.14. The number of benzene rings is 1. The molecule has 6 nitrogen and oxygen atoms in total. The number of nitrogens with zero attached hydrogens (tertiary/aromatic N) is 2. The summed E-state index contributed by atoms with van der Waals surface area (Å²) in [6.07, 6.45) is 0.364. The maximum absolute atomic E-state index is 12.6. The Morgan fingerprint density at radius 1 is 1.41 bits per heavy atom. The minimum absolute atomic E-state index is 0.172. The second-order valence-electron chi connectivity index (χ2n) is 6.41. The Bertz CT molecular complexity index is 835. The van der Waals surface area contributed by atoms with E-state index in [0.29, 0.717) is 42.1 Å². The van der Waals surface area contributed by atoms with Gasteiger partial charge in [0, 0.05) is 33.6 Å². The van der Waals surface area contributed by atoms with Gasteiger partial charge in [0.2, 0.25) is 0 Å². The van der Waals surface area contributed by atoms with Crippen LogP contribution in [-0.4, -0.2) is 40.3 Å². The van der Waals surface area contributed by atoms with Crippen molar-refractivity contribution in [1.82, 2.24) is 9.88 Å². The summed E-state index contributed by atoms with van der Waals surface area (Å²) in [5, 5.41) is 3.91. The minimum Gasteiger partial charge on any atom is -0.450 e. The van der Waals surface area contributed by atoms with Gasteiger partial charge in [0.05, 0.1) is 18.8 Å². The summed E-state index contributed by atoms with van der Waals surface area (Å²) in [6, 6.07) is 7.60. The molecule has 1 N–H and O–H groups in total. The SMILES string of the molecule is CCOC(=O)N1CCc2nc(NC(=O)c3cccc(SC(C)C)c3)sc2C1. The lowest BCUT2D eigenvalue weighted by molar-refractivity contribution is 0.102. The zero-order valence-corrected chi connectivity index (χ0v) is 17.3. The first-order chi connectivity index (χ1) is 13.0. The first-order valence-corrected chi connectivity index (χ1v) is 10.6. The zero-order chi connectivity index (χ0) is 19.4. The standard InChI is InChI=1S/C19H23N3O3S2/c1-4-25-19(24)22-9-8-15-16(11-22)27-18(20-15)21-17(23)13-6-5-7-14(10-13)26-12(2)3/h5-7,10,12H,4,8-9,11H2,1-3H3,(H,20,21,23). The number of hydrogen-bond donors (Lipinski definition) is 1. The molecule has 0 unspecified atom stereocenters. The van der Waals surface area contributed by atoms with Crippen LogP contribution in [-0.2, 0) is 17.7 Å². The summed E-state index contributed by atoms with van der Waals surface area (Å²) in [6.45, 7) is 7.45. The van der Waals surface area contributed by atoms with Gasteiger partial charge in [-0.05, 0) is 25.1 Å². The van der Waals surface area contributed by atoms with Gasteiger partial charge in [0.25, 0.3) is 5.91 Å². The third-order valence-corrected chi connectivity index (χ3v) is 5.94. The summed E-state index contributed by atoms with van der Waals surface area (Å²) in [5.41, 5.74) is 1.56. The second-order valence-corrected chi connectivity index (χ2v) is 9.14. The molecule has 0 bridgehead atoms. The van der Waals surface area contributed by atoms with E-state index in [9.17, 15) is 9.59 Å². The van der Waals surface area contributed by atoms with E-state index in [1.54, 1.807) is 29.7 Å². The molecule has 0 radical (unpaired) electrons. The number of hydrogen-bond acceptors (Lipinski definition) is 6. The fourth-order valence-corrected chi connectivity index (χ4v) is 4.69. The smallest absolute Gasteiger partial charge is 0.410 e. The van der Waals surface area contributed by atoms with Crippen LogP contribution < -0.4 is 5.32 Å². The van der Waals surface area contributed by atoms with E-state index in [1.165, 1.54) is 11.3 Å². The maximum Gasteiger partial charge on any atom is 0.410 e. The number of thioether (sulfide) groups is 1. The summed E-state index contributed by atoms with van der Waals surface area (Å²) in [7, 11) is 0. The third-order valence-electron chi connectivity index (χ3n) is 3.95. The van der Waals surface area contributed by atoms with Crippen molar-refractivity contribution in [3.63, 3.8) is 0 Å². The largest absolute Gasteiger partial charge is 0.450 e. The Balaban J connectivity index is 1.67. The van der Waals surface area contributed by atoms with E-state index in [-0.39, 0.29) is 12.0 Å². The monoisotopic (exact) mass is 405 g/mol. The molecule has 0 atom stereocenters. The quantitative estimate of drug-likeness (QED) is 0.746. The Labute approximate surface area is 167 Å². The molecule has 3 rings (SSSR count). The number of carbonyl (C=O) groups is 2. The van der Waals surface area contributed by atoms with E-state index in [2.05, 4.69) is 24.1 Å². The molecular weight excluding hydrogens is 382 g/mol. The van der Waals surface area contributed by atoms with Crippen LogP contribution in [0.1, 0.15) is 41.7 Å². The molecule has 2 aromatic rings. The van der Waals surface area contributed by atoms with Crippen LogP contribution in [0.5, 0.6) is 0 Å². The van der Waals surface area contributed by atoms with Crippen molar-refractivity contribution >= 4 is 40.2 Å². The van der Waals surface area contributed by atoms with Crippen LogP contribution in [0.3, 0.4) is 0 Å². The molecule has 144 valence electrons. The van der Waals surface area contributed by atoms with Crippen LogP contribution in [0.4, 0.5) is 9.93 Å². The van der Waals surface area contributed by atoms with E-state index in [4.69, 9.17) is 4.74 Å². The summed E-state index contributed by atoms with van der Waals surface area (Å²) in [4.78, 5) is 32.7. The Hall–Kier alpha value is -2.06. The van der Waals surface area contributed by atoms with E-state index in [0.717, 1.165) is 15.5 Å². The molecule has 1 aliphatic rings. The fourth-order valence-electron chi connectivity index (χ4n) is 2.77. The van der Waals surface area contributed by atoms with Crippen LogP contribution in [0.2, 0.25) is 0 Å². The van der Waals surface area contributed by atoms with Crippen LogP contribution in [0.25, 0.3) is 0 Å². The third kappa shape index (κ3) is 5.01. The number of aromatic nitrogens is 1. The number of anilines is 1. The van der Waals surface area contributed by atoms with Crippen molar-refractivity contribution < 1.29 is 14.3 Å². The number of rotatable bonds is 5. The van der Waals surface area contributed by atoms with Gasteiger partial charge >= 0.3 is 6.09 Å². The topological polar surface area (TPSA) is 71.5 Å². The molecule has 0 saturated carbocycles. The number of amides is 2. The van der Waals surface area contributed by atoms with Gasteiger partial charge in [-0.3, -0.25) is 10.1 Å². The van der Waals surface area contributed by atoms with Gasteiger partial charge in [0.1, 0.15) is 0 Å². The predicted octanol–water partition coefficient (Wildman–Crippen LogP) is 4.41. The summed E-state index contributed by atoms with van der Waals surface area (Å²) < 4.78 is 5.06. The van der Waals surface area contributed by atoms with Gasteiger partial charge in [0.15, 0.2) is 5.13 Å². The Kier molecular flexibility index (Phi) is 6.38. The number of carbonyl (C=O) groups excluding carboxylic acids is 2. The van der Waals surface area contributed by atoms with Gasteiger partial charge in [-0.25, -0.2) is 9.78 Å². The number of ether oxygens (including phenoxy) is 1.